The highest BCUT2D eigenvalue weighted by molar-refractivity contribution is 5.76. The molecule has 0 aliphatic rings. The third-order valence-corrected chi connectivity index (χ3v) is 7.03. The Kier molecular flexibility index (Phi) is 13.2. The van der Waals surface area contributed by atoms with Crippen molar-refractivity contribution in [2.24, 2.45) is 16.7 Å². The summed E-state index contributed by atoms with van der Waals surface area (Å²) in [6.07, 6.45) is -26.7. The maximum Gasteiger partial charge on any atom is 0.430 e. The average Bonchev–Trinajstić information content (AvgIpc) is 2.77. The van der Waals surface area contributed by atoms with Gasteiger partial charge in [-0.2, -0.15) is 52.7 Å². The lowest BCUT2D eigenvalue weighted by Crippen LogP contribution is -2.70. The molecule has 43 heavy (non-hydrogen) atoms. The van der Waals surface area contributed by atoms with Crippen LogP contribution in [0.25, 0.3) is 0 Å². The van der Waals surface area contributed by atoms with Crippen molar-refractivity contribution in [1.82, 2.24) is 0 Å². The highest BCUT2D eigenvalue weighted by atomic mass is 19.4. The van der Waals surface area contributed by atoms with Gasteiger partial charge in [0.05, 0.1) is 10.8 Å². The highest BCUT2D eigenvalue weighted by Gasteiger charge is 2.79. The van der Waals surface area contributed by atoms with Gasteiger partial charge in [-0.05, 0) is 60.3 Å². The second kappa shape index (κ2) is 13.2. The van der Waals surface area contributed by atoms with Crippen molar-refractivity contribution in [3.63, 3.8) is 0 Å². The van der Waals surface area contributed by atoms with Crippen LogP contribution < -0.4 is 0 Å². The first kappa shape index (κ1) is 43.1. The summed E-state index contributed by atoms with van der Waals surface area (Å²) in [5.74, 6) is -3.91. The van der Waals surface area contributed by atoms with Crippen molar-refractivity contribution in [2.45, 2.75) is 130 Å². The predicted molar refractivity (Wildman–Crippen MR) is 127 cm³/mol. The average molecular weight is 663 g/mol. The summed E-state index contributed by atoms with van der Waals surface area (Å²) in [5, 5.41) is 18.6. The fraction of sp³-hybridized carbons (Fsp3) is 0.920. The number of ether oxygens (including phenoxy) is 2. The van der Waals surface area contributed by atoms with Crippen LogP contribution in [0.1, 0.15) is 82.1 Å². The lowest BCUT2D eigenvalue weighted by Gasteiger charge is -2.44. The maximum absolute atomic E-state index is 12.9. The van der Waals surface area contributed by atoms with E-state index in [-0.39, 0.29) is 12.8 Å². The van der Waals surface area contributed by atoms with Crippen LogP contribution >= 0.6 is 0 Å². The minimum atomic E-state index is -6.06. The molecule has 1 atom stereocenters. The molecule has 0 rings (SSSR count). The van der Waals surface area contributed by atoms with E-state index in [1.165, 1.54) is 41.5 Å². The zero-order chi connectivity index (χ0) is 35.6. The SMILES string of the molecule is CCC(C)(C)C(=O)OC(C(C)C)C(O)(C(F)(F)F)C(F)(F)F.CCC(C)(C)C(=O)OC(C)(C)C(O)(C(F)(F)F)C(F)(F)F. The summed E-state index contributed by atoms with van der Waals surface area (Å²) in [4.78, 5) is 23.6. The van der Waals surface area contributed by atoms with Crippen LogP contribution in [-0.4, -0.2) is 69.8 Å². The summed E-state index contributed by atoms with van der Waals surface area (Å²) in [7, 11) is 0. The summed E-state index contributed by atoms with van der Waals surface area (Å²) in [6, 6.07) is 0. The normalized spacial score (nSPS) is 15.5. The summed E-state index contributed by atoms with van der Waals surface area (Å²) >= 11 is 0. The molecule has 0 fully saturated rings. The topological polar surface area (TPSA) is 93.1 Å². The van der Waals surface area contributed by atoms with Gasteiger partial charge in [0.15, 0.2) is 11.7 Å². The Hall–Kier alpha value is -1.98. The largest absolute Gasteiger partial charge is 0.458 e. The number of rotatable bonds is 9. The zero-order valence-electron chi connectivity index (χ0n) is 25.1. The van der Waals surface area contributed by atoms with Crippen LogP contribution in [0.15, 0.2) is 0 Å². The second-order valence-electron chi connectivity index (χ2n) is 11.9. The molecule has 0 amide bonds. The van der Waals surface area contributed by atoms with Gasteiger partial charge in [0.2, 0.25) is 0 Å². The van der Waals surface area contributed by atoms with Gasteiger partial charge in [-0.15, -0.1) is 0 Å². The Balaban J connectivity index is 0. The smallest absolute Gasteiger partial charge is 0.430 e. The Labute approximate surface area is 241 Å². The lowest BCUT2D eigenvalue weighted by atomic mass is 9.83. The molecular weight excluding hydrogens is 624 g/mol. The first-order valence-corrected chi connectivity index (χ1v) is 12.6. The van der Waals surface area contributed by atoms with Crippen LogP contribution in [0.3, 0.4) is 0 Å². The molecule has 258 valence electrons. The molecule has 2 N–H and O–H groups in total. The van der Waals surface area contributed by atoms with Crippen molar-refractivity contribution >= 4 is 11.9 Å². The second-order valence-corrected chi connectivity index (χ2v) is 11.9. The van der Waals surface area contributed by atoms with E-state index in [0.717, 1.165) is 13.8 Å². The molecule has 0 aromatic carbocycles. The summed E-state index contributed by atoms with van der Waals surface area (Å²) in [6.45, 7) is 11.1. The van der Waals surface area contributed by atoms with Crippen molar-refractivity contribution in [3.8, 4) is 0 Å². The van der Waals surface area contributed by atoms with Gasteiger partial charge in [0.25, 0.3) is 11.2 Å². The van der Waals surface area contributed by atoms with E-state index >= 15 is 0 Å². The number of aliphatic hydroxyl groups is 2. The van der Waals surface area contributed by atoms with E-state index in [4.69, 9.17) is 0 Å². The molecule has 0 heterocycles. The lowest BCUT2D eigenvalue weighted by molar-refractivity contribution is -0.408. The van der Waals surface area contributed by atoms with Crippen LogP contribution in [-0.2, 0) is 19.1 Å². The number of hydrogen-bond acceptors (Lipinski definition) is 6. The van der Waals surface area contributed by atoms with Crippen molar-refractivity contribution in [1.29, 1.82) is 0 Å². The highest BCUT2D eigenvalue weighted by Crippen LogP contribution is 2.51. The Morgan fingerprint density at radius 3 is 1.14 bits per heavy atom. The van der Waals surface area contributed by atoms with Gasteiger partial charge in [0.1, 0.15) is 0 Å². The van der Waals surface area contributed by atoms with Gasteiger partial charge < -0.3 is 19.7 Å². The number of carbonyl (C=O) groups excluding carboxylic acids is 2. The molecule has 0 aliphatic carbocycles. The van der Waals surface area contributed by atoms with E-state index in [0.29, 0.717) is 13.8 Å². The third kappa shape index (κ3) is 9.03. The first-order chi connectivity index (χ1) is 18.5. The van der Waals surface area contributed by atoms with Crippen molar-refractivity contribution in [2.75, 3.05) is 0 Å². The third-order valence-electron chi connectivity index (χ3n) is 7.03. The summed E-state index contributed by atoms with van der Waals surface area (Å²) < 4.78 is 163. The standard InChI is InChI=1S/C13H20F6O3.C12H18F6O3/c1-6-10(4,5)9(20)22-8(7(2)3)11(21,12(14,15)16)13(17,18)19;1-6-8(2,3)7(19)21-9(4,5)10(20,11(13,14)15)12(16,17)18/h7-8,21H,6H2,1-5H3;20H,6H2,1-5H3. The molecule has 0 radical (unpaired) electrons. The number of carbonyl (C=O) groups is 2. The Morgan fingerprint density at radius 2 is 0.907 bits per heavy atom. The predicted octanol–water partition coefficient (Wildman–Crippen LogP) is 7.45. The molecule has 0 aliphatic heterocycles. The Bertz CT molecular complexity index is 916. The monoisotopic (exact) mass is 662 g/mol. The van der Waals surface area contributed by atoms with Crippen LogP contribution in [0.5, 0.6) is 0 Å². The molecule has 0 saturated carbocycles. The van der Waals surface area contributed by atoms with E-state index in [1.54, 1.807) is 0 Å². The van der Waals surface area contributed by atoms with Gasteiger partial charge in [-0.25, -0.2) is 0 Å². The van der Waals surface area contributed by atoms with Crippen molar-refractivity contribution in [3.05, 3.63) is 0 Å². The first-order valence-electron chi connectivity index (χ1n) is 12.6. The van der Waals surface area contributed by atoms with Crippen LogP contribution in [0, 0.1) is 16.7 Å². The van der Waals surface area contributed by atoms with E-state index in [2.05, 4.69) is 9.47 Å². The molecule has 6 nitrogen and oxygen atoms in total. The zero-order valence-corrected chi connectivity index (χ0v) is 25.1. The molecule has 0 spiro atoms. The quantitative estimate of drug-likeness (QED) is 0.197. The van der Waals surface area contributed by atoms with Gasteiger partial charge in [0, 0.05) is 0 Å². The van der Waals surface area contributed by atoms with E-state index < -0.39 is 76.3 Å². The van der Waals surface area contributed by atoms with E-state index in [1.807, 2.05) is 0 Å². The van der Waals surface area contributed by atoms with Gasteiger partial charge >= 0.3 is 36.6 Å². The molecule has 0 aromatic heterocycles. The fourth-order valence-electron chi connectivity index (χ4n) is 3.04. The van der Waals surface area contributed by atoms with Crippen molar-refractivity contribution < 1.29 is 82.0 Å². The molecule has 0 saturated heterocycles. The summed E-state index contributed by atoms with van der Waals surface area (Å²) in [5.41, 5.74) is -16.1. The number of alkyl halides is 12. The Morgan fingerprint density at radius 1 is 0.605 bits per heavy atom. The van der Waals surface area contributed by atoms with Gasteiger partial charge in [-0.1, -0.05) is 27.7 Å². The number of halogens is 12. The molecule has 0 bridgehead atoms. The minimum Gasteiger partial charge on any atom is -0.458 e. The van der Waals surface area contributed by atoms with E-state index in [9.17, 15) is 72.5 Å². The molecular formula is C25H38F12O6. The van der Waals surface area contributed by atoms with Crippen LogP contribution in [0.2, 0.25) is 0 Å². The minimum absolute atomic E-state index is 0.137. The van der Waals surface area contributed by atoms with Crippen LogP contribution in [0.4, 0.5) is 52.7 Å². The fourth-order valence-corrected chi connectivity index (χ4v) is 3.04. The number of hydrogen-bond donors (Lipinski definition) is 2. The molecule has 18 heteroatoms. The maximum atomic E-state index is 12.9. The van der Waals surface area contributed by atoms with Gasteiger partial charge in [-0.3, -0.25) is 9.59 Å². The number of esters is 2. The molecule has 1 unspecified atom stereocenters. The molecule has 0 aromatic rings.